The van der Waals surface area contributed by atoms with Crippen LogP contribution in [0.25, 0.3) is 0 Å². The fourth-order valence-corrected chi connectivity index (χ4v) is 0.548. The van der Waals surface area contributed by atoms with E-state index in [2.05, 4.69) is 0 Å². The van der Waals surface area contributed by atoms with Gasteiger partial charge in [0.05, 0.1) is 11.2 Å². The summed E-state index contributed by atoms with van der Waals surface area (Å²) in [5.74, 6) is 0. The maximum absolute atomic E-state index is 5.21. The summed E-state index contributed by atoms with van der Waals surface area (Å²) in [6.45, 7) is 8.04. The monoisotopic (exact) mass is 215 g/mol. The average Bonchev–Trinajstić information content (AvgIpc) is 1.81. The Bertz CT molecular complexity index is 112. The molecule has 0 bridgehead atoms. The molecule has 1 aliphatic heterocycles. The summed E-state index contributed by atoms with van der Waals surface area (Å²) in [7, 11) is 1.42. The summed E-state index contributed by atoms with van der Waals surface area (Å²) >= 11 is 0. The van der Waals surface area contributed by atoms with Gasteiger partial charge in [0, 0.05) is 0 Å². The van der Waals surface area contributed by atoms with Crippen LogP contribution < -0.4 is 0 Å². The van der Waals surface area contributed by atoms with Gasteiger partial charge in [0.1, 0.15) is 0 Å². The molecule has 0 aromatic heterocycles. The molecule has 0 N–H and O–H groups in total. The Morgan fingerprint density at radius 1 is 0.833 bits per heavy atom. The minimum atomic E-state index is -0.188. The minimum Gasteiger partial charge on any atom is -0.405 e. The quantitative estimate of drug-likeness (QED) is 0.455. The van der Waals surface area contributed by atoms with Gasteiger partial charge in [-0.3, -0.25) is 0 Å². The van der Waals surface area contributed by atoms with E-state index in [1.54, 1.807) is 0 Å². The van der Waals surface area contributed by atoms with Gasteiger partial charge >= 0.3 is 24.2 Å². The molecule has 0 aromatic rings. The average molecular weight is 216 g/mol. The molecule has 0 spiro atoms. The number of rotatable bonds is 0. The fourth-order valence-electron chi connectivity index (χ4n) is 0.548. The maximum Gasteiger partial charge on any atom is 2.00 e. The summed E-state index contributed by atoms with van der Waals surface area (Å²) in [6.07, 6.45) is 0. The molecule has 1 rings (SSSR count). The molecule has 0 aromatic carbocycles. The summed E-state index contributed by atoms with van der Waals surface area (Å²) in [5, 5.41) is 0. The van der Waals surface area contributed by atoms with Crippen LogP contribution in [0.2, 0.25) is 0 Å². The Morgan fingerprint density at radius 3 is 1.17 bits per heavy atom. The van der Waals surface area contributed by atoms with E-state index in [9.17, 15) is 0 Å². The summed E-state index contributed by atoms with van der Waals surface area (Å²) < 4.78 is 10.4. The Kier molecular flexibility index (Phi) is 8.02. The molecule has 0 saturated carbocycles. The fraction of sp³-hybridized carbons (Fsp3) is 0.750. The van der Waals surface area contributed by atoms with Crippen LogP contribution in [-0.2, 0) is 25.8 Å². The third-order valence-electron chi connectivity index (χ3n) is 2.14. The van der Waals surface area contributed by atoms with E-state index in [-0.39, 0.29) is 42.5 Å². The van der Waals surface area contributed by atoms with Crippen LogP contribution in [-0.4, -0.2) is 18.9 Å². The first-order valence-corrected chi connectivity index (χ1v) is 3.13. The van der Waals surface area contributed by atoms with Crippen LogP contribution in [0.3, 0.4) is 0 Å². The normalized spacial score (nSPS) is 22.3. The Hall–Kier alpha value is 0.478. The van der Waals surface area contributed by atoms with E-state index >= 15 is 0 Å². The summed E-state index contributed by atoms with van der Waals surface area (Å²) in [4.78, 5) is 0. The molecule has 12 heavy (non-hydrogen) atoms. The molecule has 1 fully saturated rings. The molecular formula is C8H18BNiO2. The molecule has 0 aliphatic carbocycles. The smallest absolute Gasteiger partial charge is 0.405 e. The second kappa shape index (κ2) is 5.26. The van der Waals surface area contributed by atoms with Crippen molar-refractivity contribution in [3.05, 3.63) is 14.9 Å². The van der Waals surface area contributed by atoms with Gasteiger partial charge in [0.2, 0.25) is 0 Å². The molecule has 4 heteroatoms. The van der Waals surface area contributed by atoms with E-state index in [1.807, 2.05) is 27.7 Å². The molecule has 0 unspecified atom stereocenters. The molecule has 1 aliphatic rings. The van der Waals surface area contributed by atoms with Gasteiger partial charge in [0.15, 0.2) is 0 Å². The van der Waals surface area contributed by atoms with E-state index in [0.717, 1.165) is 0 Å². The second-order valence-electron chi connectivity index (χ2n) is 3.35. The Morgan fingerprint density at radius 2 is 1.08 bits per heavy atom. The van der Waals surface area contributed by atoms with Crippen molar-refractivity contribution < 1.29 is 25.8 Å². The van der Waals surface area contributed by atoms with Crippen LogP contribution in [0.5, 0.6) is 0 Å². The van der Waals surface area contributed by atoms with Crippen LogP contribution in [0.4, 0.5) is 0 Å². The topological polar surface area (TPSA) is 18.5 Å². The predicted molar refractivity (Wildman–Crippen MR) is 48.9 cm³/mol. The van der Waals surface area contributed by atoms with Crippen LogP contribution >= 0.6 is 0 Å². The molecule has 75 valence electrons. The van der Waals surface area contributed by atoms with Crippen molar-refractivity contribution in [1.29, 1.82) is 0 Å². The zero-order valence-electron chi connectivity index (χ0n) is 8.71. The van der Waals surface area contributed by atoms with Gasteiger partial charge < -0.3 is 24.2 Å². The molecule has 0 amide bonds. The molecule has 0 atom stereocenters. The molecular weight excluding hydrogens is 198 g/mol. The van der Waals surface area contributed by atoms with Crippen molar-refractivity contribution in [2.75, 3.05) is 0 Å². The largest absolute Gasteiger partial charge is 2.00 e. The third kappa shape index (κ3) is 3.08. The van der Waals surface area contributed by atoms with Gasteiger partial charge in [-0.05, 0) is 27.7 Å². The van der Waals surface area contributed by atoms with E-state index in [0.29, 0.717) is 0 Å². The Balaban J connectivity index is -0.000000270. The van der Waals surface area contributed by atoms with E-state index in [4.69, 9.17) is 9.31 Å². The van der Waals surface area contributed by atoms with Gasteiger partial charge in [-0.2, -0.15) is 0 Å². The minimum absolute atomic E-state index is 0. The zero-order valence-corrected chi connectivity index (χ0v) is 9.70. The van der Waals surface area contributed by atoms with Crippen LogP contribution in [0.1, 0.15) is 27.7 Å². The zero-order chi connectivity index (χ0) is 7.12. The van der Waals surface area contributed by atoms with Crippen molar-refractivity contribution in [2.45, 2.75) is 38.9 Å². The first-order chi connectivity index (χ1) is 3.96. The van der Waals surface area contributed by atoms with Crippen LogP contribution in [0.15, 0.2) is 0 Å². The standard InChI is InChI=1S/C6H12BO2.2CH3.Ni/c1-5(2)6(3,4)9-7-8-5;;;/h1-4H3;2*1H3;/q;2*-1;+2. The van der Waals surface area contributed by atoms with Crippen molar-refractivity contribution in [3.63, 3.8) is 0 Å². The third-order valence-corrected chi connectivity index (χ3v) is 2.14. The van der Waals surface area contributed by atoms with E-state index < -0.39 is 0 Å². The molecule has 2 nitrogen and oxygen atoms in total. The van der Waals surface area contributed by atoms with Gasteiger partial charge in [-0.25, -0.2) is 0 Å². The summed E-state index contributed by atoms with van der Waals surface area (Å²) in [6, 6.07) is 0. The Labute approximate surface area is 87.6 Å². The van der Waals surface area contributed by atoms with Crippen molar-refractivity contribution in [3.8, 4) is 0 Å². The van der Waals surface area contributed by atoms with Crippen molar-refractivity contribution in [2.24, 2.45) is 0 Å². The second-order valence-corrected chi connectivity index (χ2v) is 3.35. The molecule has 1 heterocycles. The predicted octanol–water partition coefficient (Wildman–Crippen LogP) is 2.02. The first kappa shape index (κ1) is 18.3. The van der Waals surface area contributed by atoms with Gasteiger partial charge in [-0.15, -0.1) is 0 Å². The maximum atomic E-state index is 5.21. The summed E-state index contributed by atoms with van der Waals surface area (Å²) in [5.41, 5.74) is -0.375. The van der Waals surface area contributed by atoms with Crippen LogP contribution in [0, 0.1) is 14.9 Å². The van der Waals surface area contributed by atoms with Gasteiger partial charge in [0.25, 0.3) is 0 Å². The molecule has 1 saturated heterocycles. The van der Waals surface area contributed by atoms with Crippen molar-refractivity contribution >= 4 is 7.69 Å². The SMILES string of the molecule is CC1(C)O[B]OC1(C)C.[CH3-].[CH3-].[Ni+2]. The van der Waals surface area contributed by atoms with Gasteiger partial charge in [-0.1, -0.05) is 0 Å². The molecule has 1 radical (unpaired) electrons. The first-order valence-electron chi connectivity index (χ1n) is 3.13. The number of hydrogen-bond donors (Lipinski definition) is 0. The van der Waals surface area contributed by atoms with Crippen molar-refractivity contribution in [1.82, 2.24) is 0 Å². The number of hydrogen-bond acceptors (Lipinski definition) is 2. The van der Waals surface area contributed by atoms with E-state index in [1.165, 1.54) is 7.69 Å².